The lowest BCUT2D eigenvalue weighted by Crippen LogP contribution is -2.43. The molecule has 0 bridgehead atoms. The van der Waals surface area contributed by atoms with E-state index < -0.39 is 0 Å². The number of benzene rings is 1. The van der Waals surface area contributed by atoms with Crippen molar-refractivity contribution in [1.29, 1.82) is 0 Å². The molecule has 0 radical (unpaired) electrons. The van der Waals surface area contributed by atoms with Gasteiger partial charge in [0.25, 0.3) is 5.91 Å². The van der Waals surface area contributed by atoms with Gasteiger partial charge in [-0.15, -0.1) is 0 Å². The normalized spacial score (nSPS) is 25.0. The lowest BCUT2D eigenvalue weighted by Gasteiger charge is -2.35. The van der Waals surface area contributed by atoms with Gasteiger partial charge in [0.05, 0.1) is 12.6 Å². The fourth-order valence-electron chi connectivity index (χ4n) is 4.32. The Morgan fingerprint density at radius 2 is 1.85 bits per heavy atom. The summed E-state index contributed by atoms with van der Waals surface area (Å²) in [5.74, 6) is 1.07. The minimum atomic E-state index is 0.187. The van der Waals surface area contributed by atoms with E-state index in [1.165, 1.54) is 17.6 Å². The van der Waals surface area contributed by atoms with Gasteiger partial charge in [-0.25, -0.2) is 0 Å². The Morgan fingerprint density at radius 1 is 1.04 bits per heavy atom. The second kappa shape index (κ2) is 6.57. The lowest BCUT2D eigenvalue weighted by molar-refractivity contribution is 0.0645. The van der Waals surface area contributed by atoms with Gasteiger partial charge in [-0.3, -0.25) is 9.79 Å². The van der Waals surface area contributed by atoms with E-state index in [0.29, 0.717) is 18.2 Å². The molecular weight excluding hydrogens is 324 g/mol. The zero-order valence-corrected chi connectivity index (χ0v) is 15.2. The fourth-order valence-corrected chi connectivity index (χ4v) is 4.32. The van der Waals surface area contributed by atoms with E-state index in [1.807, 2.05) is 30.5 Å². The third kappa shape index (κ3) is 3.06. The molecule has 1 atom stereocenters. The molecule has 1 aromatic rings. The standard InChI is InChI=1S/C22H26N2O2/c25-22(15-5-10-21(11-6-15)26-20-2-1-3-20)24(18-8-9-18)19-7-4-16-13-23-14-17(16)12-19/h5-6,10-11,14,18-20H,1-4,7-9,12-13H2. The van der Waals surface area contributed by atoms with Crippen LogP contribution in [0.15, 0.2) is 40.4 Å². The van der Waals surface area contributed by atoms with E-state index in [2.05, 4.69) is 9.89 Å². The quantitative estimate of drug-likeness (QED) is 0.800. The zero-order valence-electron chi connectivity index (χ0n) is 15.2. The van der Waals surface area contributed by atoms with Gasteiger partial charge in [0.2, 0.25) is 0 Å². The number of amides is 1. The molecule has 0 aromatic heterocycles. The van der Waals surface area contributed by atoms with Crippen molar-refractivity contribution in [3.63, 3.8) is 0 Å². The smallest absolute Gasteiger partial charge is 0.254 e. The zero-order chi connectivity index (χ0) is 17.5. The summed E-state index contributed by atoms with van der Waals surface area (Å²) in [6.07, 6.45) is 11.4. The predicted octanol–water partition coefficient (Wildman–Crippen LogP) is 4.16. The maximum Gasteiger partial charge on any atom is 0.254 e. The highest BCUT2D eigenvalue weighted by Crippen LogP contribution is 2.37. The molecule has 0 spiro atoms. The Labute approximate surface area is 154 Å². The highest BCUT2D eigenvalue weighted by molar-refractivity contribution is 5.95. The van der Waals surface area contributed by atoms with Crippen LogP contribution in [0.25, 0.3) is 0 Å². The van der Waals surface area contributed by atoms with Crippen molar-refractivity contribution in [2.45, 2.75) is 69.6 Å². The molecule has 136 valence electrons. The number of ether oxygens (including phenoxy) is 1. The Morgan fingerprint density at radius 3 is 2.54 bits per heavy atom. The van der Waals surface area contributed by atoms with Crippen molar-refractivity contribution >= 4 is 12.1 Å². The Kier molecular flexibility index (Phi) is 4.07. The third-order valence-corrected chi connectivity index (χ3v) is 6.24. The van der Waals surface area contributed by atoms with Gasteiger partial charge in [0.15, 0.2) is 0 Å². The first-order chi connectivity index (χ1) is 12.8. The fraction of sp³-hybridized carbons (Fsp3) is 0.545. The maximum atomic E-state index is 13.3. The van der Waals surface area contributed by atoms with Crippen molar-refractivity contribution in [1.82, 2.24) is 4.90 Å². The van der Waals surface area contributed by atoms with Crippen LogP contribution >= 0.6 is 0 Å². The minimum Gasteiger partial charge on any atom is -0.490 e. The first-order valence-electron chi connectivity index (χ1n) is 10.1. The van der Waals surface area contributed by atoms with E-state index in [4.69, 9.17) is 4.74 Å². The summed E-state index contributed by atoms with van der Waals surface area (Å²) in [4.78, 5) is 19.8. The highest BCUT2D eigenvalue weighted by atomic mass is 16.5. The predicted molar refractivity (Wildman–Crippen MR) is 102 cm³/mol. The third-order valence-electron chi connectivity index (χ3n) is 6.24. The van der Waals surface area contributed by atoms with Crippen LogP contribution in [0.3, 0.4) is 0 Å². The molecule has 2 saturated carbocycles. The van der Waals surface area contributed by atoms with E-state index >= 15 is 0 Å². The molecule has 2 fully saturated rings. The molecule has 1 aliphatic heterocycles. The first-order valence-corrected chi connectivity index (χ1v) is 10.1. The molecule has 1 aromatic carbocycles. The molecule has 0 saturated heterocycles. The molecule has 5 rings (SSSR count). The summed E-state index contributed by atoms with van der Waals surface area (Å²) < 4.78 is 5.92. The van der Waals surface area contributed by atoms with Gasteiger partial charge in [-0.05, 0) is 86.8 Å². The van der Waals surface area contributed by atoms with E-state index in [1.54, 1.807) is 0 Å². The molecule has 4 nitrogen and oxygen atoms in total. The number of nitrogens with zero attached hydrogens (tertiary/aromatic N) is 2. The van der Waals surface area contributed by atoms with Gasteiger partial charge >= 0.3 is 0 Å². The van der Waals surface area contributed by atoms with Crippen LogP contribution in [0.1, 0.15) is 61.7 Å². The van der Waals surface area contributed by atoms with E-state index in [-0.39, 0.29) is 5.91 Å². The molecule has 3 aliphatic carbocycles. The molecule has 26 heavy (non-hydrogen) atoms. The average molecular weight is 350 g/mol. The SMILES string of the molecule is O=C(c1ccc(OC2CCC2)cc1)N(C1CC1)C1CCC2=C(C=NC2)C1. The second-order valence-corrected chi connectivity index (χ2v) is 8.13. The number of hydrogen-bond donors (Lipinski definition) is 0. The monoisotopic (exact) mass is 350 g/mol. The van der Waals surface area contributed by atoms with E-state index in [0.717, 1.165) is 62.8 Å². The number of rotatable bonds is 5. The van der Waals surface area contributed by atoms with Crippen LogP contribution in [0.5, 0.6) is 5.75 Å². The summed E-state index contributed by atoms with van der Waals surface area (Å²) >= 11 is 0. The van der Waals surface area contributed by atoms with Crippen LogP contribution < -0.4 is 4.74 Å². The summed E-state index contributed by atoms with van der Waals surface area (Å²) in [6.45, 7) is 0.877. The molecule has 4 aliphatic rings. The Hall–Kier alpha value is -2.10. The van der Waals surface area contributed by atoms with Crippen molar-refractivity contribution in [3.05, 3.63) is 41.0 Å². The highest BCUT2D eigenvalue weighted by Gasteiger charge is 2.39. The van der Waals surface area contributed by atoms with Crippen molar-refractivity contribution in [2.75, 3.05) is 6.54 Å². The summed E-state index contributed by atoms with van der Waals surface area (Å²) in [5, 5.41) is 0. The second-order valence-electron chi connectivity index (χ2n) is 8.13. The lowest BCUT2D eigenvalue weighted by atomic mass is 9.88. The topological polar surface area (TPSA) is 41.9 Å². The Bertz CT molecular complexity index is 757. The summed E-state index contributed by atoms with van der Waals surface area (Å²) in [6, 6.07) is 8.55. The molecule has 1 heterocycles. The van der Waals surface area contributed by atoms with Crippen molar-refractivity contribution in [2.24, 2.45) is 4.99 Å². The molecule has 4 heteroatoms. The Balaban J connectivity index is 1.31. The number of aliphatic imine (C=N–C) groups is 1. The van der Waals surface area contributed by atoms with Crippen LogP contribution in [-0.2, 0) is 0 Å². The largest absolute Gasteiger partial charge is 0.490 e. The summed E-state index contributed by atoms with van der Waals surface area (Å²) in [7, 11) is 0. The van der Waals surface area contributed by atoms with E-state index in [9.17, 15) is 4.79 Å². The average Bonchev–Trinajstić information content (AvgIpc) is 3.34. The minimum absolute atomic E-state index is 0.187. The molecular formula is C22H26N2O2. The first kappa shape index (κ1) is 16.1. The number of carbonyl (C=O) groups is 1. The molecule has 0 N–H and O–H groups in total. The van der Waals surface area contributed by atoms with Crippen LogP contribution in [0.4, 0.5) is 0 Å². The van der Waals surface area contributed by atoms with Crippen molar-refractivity contribution < 1.29 is 9.53 Å². The van der Waals surface area contributed by atoms with Crippen LogP contribution in [0, 0.1) is 0 Å². The van der Waals surface area contributed by atoms with Gasteiger partial charge in [0, 0.05) is 23.9 Å². The number of carbonyl (C=O) groups excluding carboxylic acids is 1. The van der Waals surface area contributed by atoms with Gasteiger partial charge in [-0.2, -0.15) is 0 Å². The van der Waals surface area contributed by atoms with Gasteiger partial charge in [-0.1, -0.05) is 0 Å². The summed E-state index contributed by atoms with van der Waals surface area (Å²) in [5.41, 5.74) is 3.66. The van der Waals surface area contributed by atoms with Gasteiger partial charge in [0.1, 0.15) is 5.75 Å². The molecule has 1 amide bonds. The number of hydrogen-bond acceptors (Lipinski definition) is 3. The van der Waals surface area contributed by atoms with Crippen LogP contribution in [0.2, 0.25) is 0 Å². The van der Waals surface area contributed by atoms with Gasteiger partial charge < -0.3 is 9.64 Å². The maximum absolute atomic E-state index is 13.3. The van der Waals surface area contributed by atoms with Crippen LogP contribution in [-0.4, -0.2) is 41.8 Å². The van der Waals surface area contributed by atoms with Crippen molar-refractivity contribution in [3.8, 4) is 5.75 Å². The molecule has 1 unspecified atom stereocenters.